The van der Waals surface area contributed by atoms with Crippen LogP contribution < -0.4 is 11.2 Å². The van der Waals surface area contributed by atoms with Gasteiger partial charge in [0.25, 0.3) is 0 Å². The molecule has 0 spiro atoms. The smallest absolute Gasteiger partial charge is 0.238 e. The van der Waals surface area contributed by atoms with Crippen molar-refractivity contribution in [3.63, 3.8) is 0 Å². The molecule has 0 saturated carbocycles. The molecule has 0 fully saturated rings. The first-order valence-electron chi connectivity index (χ1n) is 6.33. The van der Waals surface area contributed by atoms with Crippen molar-refractivity contribution in [3.8, 4) is 40.1 Å². The summed E-state index contributed by atoms with van der Waals surface area (Å²) in [6, 6.07) is 4.18. The molecule has 1 aromatic heterocycles. The Balaban J connectivity index is 2.40. The van der Waals surface area contributed by atoms with Gasteiger partial charge < -0.3 is 35.7 Å². The van der Waals surface area contributed by atoms with E-state index in [1.54, 1.807) is 0 Å². The molecule has 1 heterocycles. The third-order valence-corrected chi connectivity index (χ3v) is 3.33. The molecule has 23 heavy (non-hydrogen) atoms. The number of fused-ring (bicyclic) bond motifs is 1. The van der Waals surface area contributed by atoms with E-state index in [9.17, 15) is 30.3 Å². The number of benzene rings is 2. The molecule has 0 aliphatic carbocycles. The normalized spacial score (nSPS) is 11.0. The molecule has 2 aromatic carbocycles. The van der Waals surface area contributed by atoms with Gasteiger partial charge in [-0.05, 0) is 12.1 Å². The Bertz CT molecular complexity index is 984. The summed E-state index contributed by atoms with van der Waals surface area (Å²) in [4.78, 5) is 12.2. The fourth-order valence-corrected chi connectivity index (χ4v) is 2.22. The molecule has 0 unspecified atom stereocenters. The summed E-state index contributed by atoms with van der Waals surface area (Å²) in [5.74, 6) is -3.04. The van der Waals surface area contributed by atoms with Gasteiger partial charge in [-0.3, -0.25) is 4.79 Å². The molecule has 8 nitrogen and oxygen atoms in total. The van der Waals surface area contributed by atoms with Crippen molar-refractivity contribution in [1.82, 2.24) is 0 Å². The quantitative estimate of drug-likeness (QED) is 0.291. The van der Waals surface area contributed by atoms with Crippen LogP contribution in [-0.4, -0.2) is 25.5 Å². The van der Waals surface area contributed by atoms with E-state index >= 15 is 0 Å². The van der Waals surface area contributed by atoms with Gasteiger partial charge in [-0.15, -0.1) is 0 Å². The zero-order chi connectivity index (χ0) is 16.9. The molecule has 7 N–H and O–H groups in total. The van der Waals surface area contributed by atoms with Crippen molar-refractivity contribution >= 4 is 16.7 Å². The molecule has 0 atom stereocenters. The molecule has 0 amide bonds. The number of phenols is 4. The standard InChI is InChI=1S/C15H11NO7/c16-12-8(19)1-5(2-9(12)20)15-14(22)13(21)11-7(18)3-6(17)4-10(11)23-15/h1-4,17-20,22H,16H2. The fourth-order valence-electron chi connectivity index (χ4n) is 2.22. The maximum atomic E-state index is 12.2. The fraction of sp³-hybridized carbons (Fsp3) is 0. The summed E-state index contributed by atoms with van der Waals surface area (Å²) < 4.78 is 5.34. The SMILES string of the molecule is Nc1c(O)cc(-c2oc3cc(O)cc(O)c3c(=O)c2O)cc1O. The second-order valence-corrected chi connectivity index (χ2v) is 4.88. The third-order valence-electron chi connectivity index (χ3n) is 3.33. The number of hydrogen-bond acceptors (Lipinski definition) is 8. The molecule has 3 rings (SSSR count). The molecule has 0 aliphatic heterocycles. The first kappa shape index (κ1) is 14.4. The van der Waals surface area contributed by atoms with Crippen LogP contribution in [0.5, 0.6) is 28.7 Å². The average molecular weight is 317 g/mol. The summed E-state index contributed by atoms with van der Waals surface area (Å²) >= 11 is 0. The molecule has 118 valence electrons. The molecule has 0 bridgehead atoms. The van der Waals surface area contributed by atoms with Crippen molar-refractivity contribution in [1.29, 1.82) is 0 Å². The van der Waals surface area contributed by atoms with Crippen LogP contribution in [0.25, 0.3) is 22.3 Å². The van der Waals surface area contributed by atoms with Crippen molar-refractivity contribution in [2.75, 3.05) is 5.73 Å². The average Bonchev–Trinajstić information content (AvgIpc) is 2.47. The highest BCUT2D eigenvalue weighted by Crippen LogP contribution is 2.40. The van der Waals surface area contributed by atoms with Gasteiger partial charge in [0.15, 0.2) is 5.76 Å². The number of rotatable bonds is 1. The Morgan fingerprint density at radius 3 is 2.09 bits per heavy atom. The number of nitrogens with two attached hydrogens (primary N) is 1. The molecular weight excluding hydrogens is 306 g/mol. The lowest BCUT2D eigenvalue weighted by molar-refractivity contribution is 0.437. The molecule has 0 radical (unpaired) electrons. The van der Waals surface area contributed by atoms with Gasteiger partial charge in [-0.1, -0.05) is 0 Å². The topological polar surface area (TPSA) is 157 Å². The maximum absolute atomic E-state index is 12.2. The van der Waals surface area contributed by atoms with Crippen molar-refractivity contribution in [3.05, 3.63) is 34.5 Å². The van der Waals surface area contributed by atoms with E-state index in [0.717, 1.165) is 24.3 Å². The van der Waals surface area contributed by atoms with Gasteiger partial charge in [-0.2, -0.15) is 0 Å². The Morgan fingerprint density at radius 2 is 1.48 bits per heavy atom. The first-order valence-corrected chi connectivity index (χ1v) is 6.33. The van der Waals surface area contributed by atoms with Gasteiger partial charge in [0.1, 0.15) is 39.7 Å². The van der Waals surface area contributed by atoms with Gasteiger partial charge >= 0.3 is 0 Å². The number of anilines is 1. The van der Waals surface area contributed by atoms with E-state index in [0.29, 0.717) is 0 Å². The molecule has 0 aliphatic rings. The summed E-state index contributed by atoms with van der Waals surface area (Å²) in [5, 5.41) is 48.2. The van der Waals surface area contributed by atoms with Crippen molar-refractivity contribution in [2.24, 2.45) is 0 Å². The van der Waals surface area contributed by atoms with Crippen LogP contribution >= 0.6 is 0 Å². The van der Waals surface area contributed by atoms with Crippen LogP contribution in [-0.2, 0) is 0 Å². The van der Waals surface area contributed by atoms with Gasteiger partial charge in [0.05, 0.1) is 0 Å². The first-order chi connectivity index (χ1) is 10.8. The van der Waals surface area contributed by atoms with E-state index in [4.69, 9.17) is 10.2 Å². The zero-order valence-corrected chi connectivity index (χ0v) is 11.4. The third kappa shape index (κ3) is 2.13. The van der Waals surface area contributed by atoms with E-state index < -0.39 is 28.4 Å². The predicted molar refractivity (Wildman–Crippen MR) is 80.7 cm³/mol. The van der Waals surface area contributed by atoms with E-state index in [1.165, 1.54) is 0 Å². The van der Waals surface area contributed by atoms with E-state index in [-0.39, 0.29) is 33.7 Å². The minimum absolute atomic E-state index is 0.0199. The molecular formula is C15H11NO7. The lowest BCUT2D eigenvalue weighted by Gasteiger charge is -2.09. The lowest BCUT2D eigenvalue weighted by Crippen LogP contribution is -2.03. The van der Waals surface area contributed by atoms with Crippen LogP contribution in [0.2, 0.25) is 0 Å². The summed E-state index contributed by atoms with van der Waals surface area (Å²) in [5.41, 5.74) is 3.99. The molecule has 0 saturated heterocycles. The highest BCUT2D eigenvalue weighted by molar-refractivity contribution is 5.88. The second kappa shape index (κ2) is 4.73. The highest BCUT2D eigenvalue weighted by atomic mass is 16.4. The van der Waals surface area contributed by atoms with E-state index in [2.05, 4.69) is 0 Å². The number of hydrogen-bond donors (Lipinski definition) is 6. The Labute approximate surface area is 127 Å². The van der Waals surface area contributed by atoms with Crippen LogP contribution in [0, 0.1) is 0 Å². The summed E-state index contributed by atoms with van der Waals surface area (Å²) in [6.45, 7) is 0. The van der Waals surface area contributed by atoms with Gasteiger partial charge in [0, 0.05) is 17.7 Å². The monoisotopic (exact) mass is 317 g/mol. The van der Waals surface area contributed by atoms with Crippen LogP contribution in [0.3, 0.4) is 0 Å². The largest absolute Gasteiger partial charge is 0.508 e. The summed E-state index contributed by atoms with van der Waals surface area (Å²) in [7, 11) is 0. The zero-order valence-electron chi connectivity index (χ0n) is 11.4. The second-order valence-electron chi connectivity index (χ2n) is 4.88. The Kier molecular flexibility index (Phi) is 2.96. The minimum atomic E-state index is -0.936. The van der Waals surface area contributed by atoms with Crippen LogP contribution in [0.4, 0.5) is 5.69 Å². The van der Waals surface area contributed by atoms with E-state index in [1.807, 2.05) is 0 Å². The van der Waals surface area contributed by atoms with Crippen molar-refractivity contribution in [2.45, 2.75) is 0 Å². The Hall–Kier alpha value is -3.55. The number of nitrogen functional groups attached to an aromatic ring is 1. The minimum Gasteiger partial charge on any atom is -0.508 e. The maximum Gasteiger partial charge on any atom is 0.238 e. The molecule has 8 heteroatoms. The van der Waals surface area contributed by atoms with Crippen molar-refractivity contribution < 1.29 is 29.9 Å². The van der Waals surface area contributed by atoms with Gasteiger partial charge in [0.2, 0.25) is 11.2 Å². The summed E-state index contributed by atoms with van der Waals surface area (Å²) in [6.07, 6.45) is 0. The van der Waals surface area contributed by atoms with Gasteiger partial charge in [-0.25, -0.2) is 0 Å². The highest BCUT2D eigenvalue weighted by Gasteiger charge is 2.20. The Morgan fingerprint density at radius 1 is 0.870 bits per heavy atom. The lowest BCUT2D eigenvalue weighted by atomic mass is 10.1. The molecule has 3 aromatic rings. The van der Waals surface area contributed by atoms with Crippen LogP contribution in [0.15, 0.2) is 33.5 Å². The predicted octanol–water partition coefficient (Wildman–Crippen LogP) is 1.57. The number of phenolic OH excluding ortho intramolecular Hbond substituents is 4. The number of aromatic hydroxyl groups is 5. The van der Waals surface area contributed by atoms with Crippen LogP contribution in [0.1, 0.15) is 0 Å².